The van der Waals surface area contributed by atoms with Gasteiger partial charge in [-0.05, 0) is 25.9 Å². The highest BCUT2D eigenvalue weighted by molar-refractivity contribution is 5.85. The molecule has 0 amide bonds. The Hall–Kier alpha value is -0.0300. The molecule has 5 N–H and O–H groups in total. The molecule has 0 rings (SSSR count). The molecule has 76 valence electrons. The average Bonchev–Trinajstić information content (AvgIpc) is 1.87. The van der Waals surface area contributed by atoms with Crippen LogP contribution in [0.3, 0.4) is 0 Å². The van der Waals surface area contributed by atoms with Gasteiger partial charge in [0.05, 0.1) is 5.92 Å². The molecule has 0 saturated heterocycles. The van der Waals surface area contributed by atoms with Crippen molar-refractivity contribution in [3.63, 3.8) is 0 Å². The highest BCUT2D eigenvalue weighted by Gasteiger charge is 2.14. The Balaban J connectivity index is -0.000000405. The van der Waals surface area contributed by atoms with Gasteiger partial charge in [-0.1, -0.05) is 0 Å². The molecule has 0 fully saturated rings. The van der Waals surface area contributed by atoms with Crippen molar-refractivity contribution in [2.24, 2.45) is 17.4 Å². The van der Waals surface area contributed by atoms with E-state index in [1.807, 2.05) is 0 Å². The Morgan fingerprint density at radius 1 is 1.17 bits per heavy atom. The van der Waals surface area contributed by atoms with Gasteiger partial charge in [-0.3, -0.25) is 4.79 Å². The summed E-state index contributed by atoms with van der Waals surface area (Å²) in [5, 5.41) is 8.52. The highest BCUT2D eigenvalue weighted by Crippen LogP contribution is 2.05. The number of halogens is 2. The molecule has 0 atom stereocenters. The molecule has 12 heavy (non-hydrogen) atoms. The van der Waals surface area contributed by atoms with E-state index in [0.29, 0.717) is 25.9 Å². The van der Waals surface area contributed by atoms with Gasteiger partial charge in [-0.2, -0.15) is 0 Å². The first kappa shape index (κ1) is 17.9. The molecule has 0 spiro atoms. The zero-order valence-corrected chi connectivity index (χ0v) is 8.37. The van der Waals surface area contributed by atoms with Crippen LogP contribution in [-0.4, -0.2) is 24.2 Å². The van der Waals surface area contributed by atoms with Gasteiger partial charge < -0.3 is 16.6 Å². The fourth-order valence-corrected chi connectivity index (χ4v) is 0.794. The zero-order valence-electron chi connectivity index (χ0n) is 6.73. The van der Waals surface area contributed by atoms with Gasteiger partial charge in [-0.15, -0.1) is 24.8 Å². The number of hydrogen-bond acceptors (Lipinski definition) is 3. The predicted molar refractivity (Wildman–Crippen MR) is 53.0 cm³/mol. The van der Waals surface area contributed by atoms with E-state index in [9.17, 15) is 4.79 Å². The van der Waals surface area contributed by atoms with Crippen molar-refractivity contribution in [3.05, 3.63) is 0 Å². The molecule has 0 aliphatic carbocycles. The first-order chi connectivity index (χ1) is 4.72. The lowest BCUT2D eigenvalue weighted by molar-refractivity contribution is -0.142. The molecule has 0 unspecified atom stereocenters. The lowest BCUT2D eigenvalue weighted by Gasteiger charge is -2.07. The molecular formula is C6H16Cl2N2O2. The van der Waals surface area contributed by atoms with E-state index < -0.39 is 5.97 Å². The Morgan fingerprint density at radius 2 is 1.50 bits per heavy atom. The Morgan fingerprint density at radius 3 is 1.67 bits per heavy atom. The molecule has 0 aromatic heterocycles. The Bertz CT molecular complexity index is 108. The van der Waals surface area contributed by atoms with Gasteiger partial charge in [-0.25, -0.2) is 0 Å². The van der Waals surface area contributed by atoms with E-state index in [2.05, 4.69) is 0 Å². The summed E-state index contributed by atoms with van der Waals surface area (Å²) in [6.45, 7) is 0.827. The molecule has 0 radical (unpaired) electrons. The number of carboxylic acids is 1. The first-order valence-corrected chi connectivity index (χ1v) is 3.35. The van der Waals surface area contributed by atoms with Crippen LogP contribution < -0.4 is 11.5 Å². The van der Waals surface area contributed by atoms with Crippen LogP contribution >= 0.6 is 24.8 Å². The van der Waals surface area contributed by atoms with Gasteiger partial charge in [0.15, 0.2) is 0 Å². The first-order valence-electron chi connectivity index (χ1n) is 3.35. The van der Waals surface area contributed by atoms with Crippen LogP contribution in [0.5, 0.6) is 0 Å². The molecule has 0 saturated carbocycles. The second-order valence-electron chi connectivity index (χ2n) is 2.19. The summed E-state index contributed by atoms with van der Waals surface area (Å²) < 4.78 is 0. The van der Waals surface area contributed by atoms with Crippen molar-refractivity contribution < 1.29 is 9.90 Å². The largest absolute Gasteiger partial charge is 0.481 e. The van der Waals surface area contributed by atoms with E-state index >= 15 is 0 Å². The summed E-state index contributed by atoms with van der Waals surface area (Å²) in [4.78, 5) is 10.4. The summed E-state index contributed by atoms with van der Waals surface area (Å²) in [5.41, 5.74) is 10.4. The van der Waals surface area contributed by atoms with Crippen molar-refractivity contribution in [2.45, 2.75) is 12.8 Å². The number of rotatable bonds is 5. The van der Waals surface area contributed by atoms with E-state index in [1.54, 1.807) is 0 Å². The summed E-state index contributed by atoms with van der Waals surface area (Å²) >= 11 is 0. The minimum Gasteiger partial charge on any atom is -0.481 e. The van der Waals surface area contributed by atoms with Gasteiger partial charge in [0.2, 0.25) is 0 Å². The van der Waals surface area contributed by atoms with Crippen LogP contribution in [0.15, 0.2) is 0 Å². The Labute approximate surface area is 84.5 Å². The third-order valence-electron chi connectivity index (χ3n) is 1.38. The average molecular weight is 219 g/mol. The monoisotopic (exact) mass is 218 g/mol. The molecule has 0 bridgehead atoms. The van der Waals surface area contributed by atoms with E-state index in [4.69, 9.17) is 16.6 Å². The van der Waals surface area contributed by atoms with Crippen LogP contribution in [0.1, 0.15) is 12.8 Å². The number of carboxylic acid groups (broad SMARTS) is 1. The van der Waals surface area contributed by atoms with E-state index in [0.717, 1.165) is 0 Å². The second-order valence-corrected chi connectivity index (χ2v) is 2.19. The molecule has 0 heterocycles. The molecule has 6 heteroatoms. The third kappa shape index (κ3) is 8.07. The van der Waals surface area contributed by atoms with Gasteiger partial charge >= 0.3 is 5.97 Å². The summed E-state index contributed by atoms with van der Waals surface area (Å²) in [6.07, 6.45) is 1.04. The Kier molecular flexibility index (Phi) is 16.4. The van der Waals surface area contributed by atoms with Crippen molar-refractivity contribution in [2.75, 3.05) is 13.1 Å². The van der Waals surface area contributed by atoms with Crippen molar-refractivity contribution in [1.29, 1.82) is 0 Å². The van der Waals surface area contributed by atoms with Gasteiger partial charge in [0, 0.05) is 0 Å². The fraction of sp³-hybridized carbons (Fsp3) is 0.833. The standard InChI is InChI=1S/C6H14N2O2.2ClH/c7-3-1-5(2-4-8)6(9)10;;/h5H,1-4,7-8H2,(H,9,10);2*1H. The van der Waals surface area contributed by atoms with Gasteiger partial charge in [0.1, 0.15) is 0 Å². The molecule has 0 aliphatic rings. The normalized spacial score (nSPS) is 8.58. The van der Waals surface area contributed by atoms with Crippen LogP contribution in [-0.2, 0) is 4.79 Å². The quantitative estimate of drug-likeness (QED) is 0.617. The highest BCUT2D eigenvalue weighted by atomic mass is 35.5. The van der Waals surface area contributed by atoms with Gasteiger partial charge in [0.25, 0.3) is 0 Å². The van der Waals surface area contributed by atoms with E-state index in [-0.39, 0.29) is 30.7 Å². The van der Waals surface area contributed by atoms with Crippen LogP contribution in [0.4, 0.5) is 0 Å². The SMILES string of the molecule is Cl.Cl.NCCC(CCN)C(=O)O. The van der Waals surface area contributed by atoms with Crippen LogP contribution in [0.2, 0.25) is 0 Å². The van der Waals surface area contributed by atoms with Crippen LogP contribution in [0.25, 0.3) is 0 Å². The zero-order chi connectivity index (χ0) is 7.98. The number of carbonyl (C=O) groups is 1. The number of aliphatic carboxylic acids is 1. The maximum absolute atomic E-state index is 10.4. The minimum absolute atomic E-state index is 0. The molecule has 0 aliphatic heterocycles. The lowest BCUT2D eigenvalue weighted by atomic mass is 10.0. The third-order valence-corrected chi connectivity index (χ3v) is 1.38. The smallest absolute Gasteiger partial charge is 0.306 e. The molecule has 0 aromatic carbocycles. The predicted octanol–water partition coefficient (Wildman–Crippen LogP) is 0.228. The summed E-state index contributed by atoms with van der Waals surface area (Å²) in [5.74, 6) is -1.15. The minimum atomic E-state index is -0.795. The summed E-state index contributed by atoms with van der Waals surface area (Å²) in [7, 11) is 0. The maximum Gasteiger partial charge on any atom is 0.306 e. The van der Waals surface area contributed by atoms with Crippen molar-refractivity contribution in [1.82, 2.24) is 0 Å². The summed E-state index contributed by atoms with van der Waals surface area (Å²) in [6, 6.07) is 0. The second kappa shape index (κ2) is 11.0. The molecule has 0 aromatic rings. The van der Waals surface area contributed by atoms with E-state index in [1.165, 1.54) is 0 Å². The lowest BCUT2D eigenvalue weighted by Crippen LogP contribution is -2.20. The maximum atomic E-state index is 10.4. The topological polar surface area (TPSA) is 89.3 Å². The van der Waals surface area contributed by atoms with Crippen molar-refractivity contribution >= 4 is 30.8 Å². The number of nitrogens with two attached hydrogens (primary N) is 2. The molecule has 4 nitrogen and oxygen atoms in total. The van der Waals surface area contributed by atoms with Crippen molar-refractivity contribution in [3.8, 4) is 0 Å². The van der Waals surface area contributed by atoms with Crippen LogP contribution in [0, 0.1) is 5.92 Å². The fourth-order valence-electron chi connectivity index (χ4n) is 0.794. The molecular weight excluding hydrogens is 203 g/mol. The number of hydrogen-bond donors (Lipinski definition) is 3.